The van der Waals surface area contributed by atoms with E-state index in [2.05, 4.69) is 15.3 Å². The number of rotatable bonds is 4. The van der Waals surface area contributed by atoms with Crippen molar-refractivity contribution in [3.8, 4) is 11.8 Å². The molecule has 0 saturated carbocycles. The largest absolute Gasteiger partial charge is 0.424 e. The van der Waals surface area contributed by atoms with Crippen molar-refractivity contribution in [2.75, 3.05) is 5.32 Å². The molecule has 0 spiro atoms. The Labute approximate surface area is 146 Å². The molecule has 3 rings (SSSR count). The number of amides is 1. The predicted octanol–water partition coefficient (Wildman–Crippen LogP) is 4.54. The summed E-state index contributed by atoms with van der Waals surface area (Å²) >= 11 is 0. The number of alkyl halides is 3. The van der Waals surface area contributed by atoms with Crippen molar-refractivity contribution in [2.45, 2.75) is 6.18 Å². The molecule has 0 aliphatic rings. The molecule has 0 bridgehead atoms. The van der Waals surface area contributed by atoms with E-state index >= 15 is 0 Å². The van der Waals surface area contributed by atoms with E-state index in [0.717, 1.165) is 12.1 Å². The summed E-state index contributed by atoms with van der Waals surface area (Å²) in [5.41, 5.74) is -0.787. The van der Waals surface area contributed by atoms with Crippen LogP contribution >= 0.6 is 0 Å². The number of carbonyl (C=O) groups excluding carboxylic acids is 1. The first-order valence-electron chi connectivity index (χ1n) is 7.45. The van der Waals surface area contributed by atoms with E-state index in [1.807, 2.05) is 6.07 Å². The lowest BCUT2D eigenvalue weighted by atomic mass is 10.1. The van der Waals surface area contributed by atoms with Crippen LogP contribution in [0.5, 0.6) is 11.8 Å². The van der Waals surface area contributed by atoms with Gasteiger partial charge in [0.25, 0.3) is 5.91 Å². The molecule has 1 amide bonds. The van der Waals surface area contributed by atoms with Gasteiger partial charge in [-0.05, 0) is 30.3 Å². The van der Waals surface area contributed by atoms with E-state index in [4.69, 9.17) is 4.74 Å². The standard InChI is InChI=1S/C18H12F3N3O2/c19-18(20,21)13-6-4-5-12(9-13)16(25)24-14-10-22-17(23-11-14)26-15-7-2-1-3-8-15/h1-11H,(H,24,25). The third kappa shape index (κ3) is 4.35. The highest BCUT2D eigenvalue weighted by Crippen LogP contribution is 2.29. The van der Waals surface area contributed by atoms with Gasteiger partial charge in [-0.25, -0.2) is 9.97 Å². The van der Waals surface area contributed by atoms with Crippen LogP contribution in [0.15, 0.2) is 67.0 Å². The van der Waals surface area contributed by atoms with Gasteiger partial charge >= 0.3 is 12.2 Å². The molecular formula is C18H12F3N3O2. The third-order valence-corrected chi connectivity index (χ3v) is 3.29. The summed E-state index contributed by atoms with van der Waals surface area (Å²) < 4.78 is 43.6. The molecule has 0 aliphatic carbocycles. The fourth-order valence-corrected chi connectivity index (χ4v) is 2.07. The Balaban J connectivity index is 1.68. The van der Waals surface area contributed by atoms with Gasteiger partial charge in [0.1, 0.15) is 5.75 Å². The lowest BCUT2D eigenvalue weighted by Crippen LogP contribution is -2.14. The first kappa shape index (κ1) is 17.4. The van der Waals surface area contributed by atoms with Gasteiger partial charge in [-0.15, -0.1) is 0 Å². The molecule has 8 heteroatoms. The van der Waals surface area contributed by atoms with Gasteiger partial charge in [-0.2, -0.15) is 13.2 Å². The lowest BCUT2D eigenvalue weighted by Gasteiger charge is -2.09. The number of hydrogen-bond donors (Lipinski definition) is 1. The Bertz CT molecular complexity index is 898. The monoisotopic (exact) mass is 359 g/mol. The molecule has 1 N–H and O–H groups in total. The summed E-state index contributed by atoms with van der Waals surface area (Å²) in [4.78, 5) is 20.0. The SMILES string of the molecule is O=C(Nc1cnc(Oc2ccccc2)nc1)c1cccc(C(F)(F)F)c1. The minimum absolute atomic E-state index is 0.0771. The van der Waals surface area contributed by atoms with Gasteiger partial charge in [0.15, 0.2) is 0 Å². The molecular weight excluding hydrogens is 347 g/mol. The number of para-hydroxylation sites is 1. The number of carbonyl (C=O) groups is 1. The molecule has 5 nitrogen and oxygen atoms in total. The number of ether oxygens (including phenoxy) is 1. The Morgan fingerprint density at radius 1 is 0.962 bits per heavy atom. The van der Waals surface area contributed by atoms with Crippen molar-refractivity contribution < 1.29 is 22.7 Å². The summed E-state index contributed by atoms with van der Waals surface area (Å²) in [6.45, 7) is 0. The number of aromatic nitrogens is 2. The average molecular weight is 359 g/mol. The summed E-state index contributed by atoms with van der Waals surface area (Å²) in [5.74, 6) is -0.148. The van der Waals surface area contributed by atoms with Crippen molar-refractivity contribution in [3.63, 3.8) is 0 Å². The van der Waals surface area contributed by atoms with Crippen molar-refractivity contribution in [1.82, 2.24) is 9.97 Å². The van der Waals surface area contributed by atoms with Crippen LogP contribution in [-0.2, 0) is 6.18 Å². The molecule has 0 unspecified atom stereocenters. The Morgan fingerprint density at radius 2 is 1.65 bits per heavy atom. The van der Waals surface area contributed by atoms with Gasteiger partial charge in [0, 0.05) is 5.56 Å². The minimum atomic E-state index is -4.52. The van der Waals surface area contributed by atoms with Gasteiger partial charge in [0.2, 0.25) is 0 Å². The number of nitrogens with one attached hydrogen (secondary N) is 1. The highest BCUT2D eigenvalue weighted by atomic mass is 19.4. The lowest BCUT2D eigenvalue weighted by molar-refractivity contribution is -0.137. The van der Waals surface area contributed by atoms with Crippen LogP contribution in [0.25, 0.3) is 0 Å². The number of nitrogens with zero attached hydrogens (tertiary/aromatic N) is 2. The predicted molar refractivity (Wildman–Crippen MR) is 87.9 cm³/mol. The topological polar surface area (TPSA) is 64.1 Å². The third-order valence-electron chi connectivity index (χ3n) is 3.29. The molecule has 0 saturated heterocycles. The molecule has 132 valence electrons. The number of hydrogen-bond acceptors (Lipinski definition) is 4. The fraction of sp³-hybridized carbons (Fsp3) is 0.0556. The maximum Gasteiger partial charge on any atom is 0.416 e. The van der Waals surface area contributed by atoms with Gasteiger partial charge in [-0.3, -0.25) is 4.79 Å². The second-order valence-corrected chi connectivity index (χ2v) is 5.20. The quantitative estimate of drug-likeness (QED) is 0.743. The van der Waals surface area contributed by atoms with Crippen LogP contribution < -0.4 is 10.1 Å². The van der Waals surface area contributed by atoms with Crippen LogP contribution in [0.2, 0.25) is 0 Å². The van der Waals surface area contributed by atoms with Crippen LogP contribution in [0.1, 0.15) is 15.9 Å². The second-order valence-electron chi connectivity index (χ2n) is 5.20. The zero-order chi connectivity index (χ0) is 18.6. The van der Waals surface area contributed by atoms with E-state index < -0.39 is 17.6 Å². The van der Waals surface area contributed by atoms with E-state index in [-0.39, 0.29) is 17.3 Å². The van der Waals surface area contributed by atoms with E-state index in [9.17, 15) is 18.0 Å². The average Bonchev–Trinajstić information content (AvgIpc) is 2.63. The maximum absolute atomic E-state index is 12.7. The Hall–Kier alpha value is -3.42. The highest BCUT2D eigenvalue weighted by Gasteiger charge is 2.30. The highest BCUT2D eigenvalue weighted by molar-refractivity contribution is 6.04. The summed E-state index contributed by atoms with van der Waals surface area (Å²) in [6, 6.07) is 13.1. The number of anilines is 1. The minimum Gasteiger partial charge on any atom is -0.424 e. The first-order valence-corrected chi connectivity index (χ1v) is 7.45. The molecule has 0 fully saturated rings. The van der Waals surface area contributed by atoms with Gasteiger partial charge in [-0.1, -0.05) is 24.3 Å². The van der Waals surface area contributed by atoms with Crippen LogP contribution in [0, 0.1) is 0 Å². The van der Waals surface area contributed by atoms with Crippen molar-refractivity contribution in [1.29, 1.82) is 0 Å². The molecule has 2 aromatic carbocycles. The van der Waals surface area contributed by atoms with Crippen molar-refractivity contribution >= 4 is 11.6 Å². The van der Waals surface area contributed by atoms with Crippen LogP contribution in [0.3, 0.4) is 0 Å². The molecule has 0 radical (unpaired) electrons. The van der Waals surface area contributed by atoms with E-state index in [1.165, 1.54) is 24.5 Å². The second kappa shape index (κ2) is 7.22. The normalized spacial score (nSPS) is 11.0. The van der Waals surface area contributed by atoms with Crippen molar-refractivity contribution in [3.05, 3.63) is 78.1 Å². The zero-order valence-electron chi connectivity index (χ0n) is 13.2. The van der Waals surface area contributed by atoms with Crippen LogP contribution in [0.4, 0.5) is 18.9 Å². The number of benzene rings is 2. The molecule has 1 heterocycles. The first-order chi connectivity index (χ1) is 12.4. The summed E-state index contributed by atoms with van der Waals surface area (Å²) in [7, 11) is 0. The van der Waals surface area contributed by atoms with E-state index in [1.54, 1.807) is 24.3 Å². The molecule has 1 aromatic heterocycles. The smallest absolute Gasteiger partial charge is 0.416 e. The Kier molecular flexibility index (Phi) is 4.83. The summed E-state index contributed by atoms with van der Waals surface area (Å²) in [6.07, 6.45) is -1.91. The number of halogens is 3. The van der Waals surface area contributed by atoms with Gasteiger partial charge in [0.05, 0.1) is 23.6 Å². The van der Waals surface area contributed by atoms with Crippen molar-refractivity contribution in [2.24, 2.45) is 0 Å². The molecule has 26 heavy (non-hydrogen) atoms. The van der Waals surface area contributed by atoms with Crippen LogP contribution in [-0.4, -0.2) is 15.9 Å². The summed E-state index contributed by atoms with van der Waals surface area (Å²) in [5, 5.41) is 2.44. The van der Waals surface area contributed by atoms with Gasteiger partial charge < -0.3 is 10.1 Å². The molecule has 0 aliphatic heterocycles. The molecule has 3 aromatic rings. The van der Waals surface area contributed by atoms with E-state index in [0.29, 0.717) is 5.75 Å². The Morgan fingerprint density at radius 3 is 2.31 bits per heavy atom. The maximum atomic E-state index is 12.7. The fourth-order valence-electron chi connectivity index (χ4n) is 2.07. The zero-order valence-corrected chi connectivity index (χ0v) is 13.2. The molecule has 0 atom stereocenters.